The molecule has 0 aromatic heterocycles. The molecule has 0 N–H and O–H groups in total. The third-order valence-electron chi connectivity index (χ3n) is 4.49. The summed E-state index contributed by atoms with van der Waals surface area (Å²) in [6.07, 6.45) is 1.70. The summed E-state index contributed by atoms with van der Waals surface area (Å²) >= 11 is 0. The Balaban J connectivity index is 2.15. The first-order valence-corrected chi connectivity index (χ1v) is 10.3. The summed E-state index contributed by atoms with van der Waals surface area (Å²) in [6, 6.07) is 24.1. The van der Waals surface area contributed by atoms with Crippen LogP contribution in [-0.2, 0) is 9.84 Å². The van der Waals surface area contributed by atoms with Crippen molar-refractivity contribution in [1.29, 1.82) is 0 Å². The number of hydrogen-bond acceptors (Lipinski definition) is 3. The molecular weight excluding hydrogens is 354 g/mol. The molecule has 0 bridgehead atoms. The van der Waals surface area contributed by atoms with E-state index in [1.165, 1.54) is 0 Å². The second-order valence-electron chi connectivity index (χ2n) is 6.57. The lowest BCUT2D eigenvalue weighted by Gasteiger charge is -2.20. The molecule has 3 nitrogen and oxygen atoms in total. The Labute approximate surface area is 161 Å². The highest BCUT2D eigenvalue weighted by molar-refractivity contribution is 8.00. The highest BCUT2D eigenvalue weighted by Crippen LogP contribution is 2.30. The van der Waals surface area contributed by atoms with Crippen LogP contribution in [0.5, 0.6) is 0 Å². The van der Waals surface area contributed by atoms with Crippen LogP contribution in [0, 0.1) is 13.8 Å². The molecule has 0 saturated carbocycles. The fourth-order valence-electron chi connectivity index (χ4n) is 2.95. The van der Waals surface area contributed by atoms with Crippen LogP contribution in [0.4, 0.5) is 5.69 Å². The van der Waals surface area contributed by atoms with Gasteiger partial charge < -0.3 is 4.90 Å². The third-order valence-corrected chi connectivity index (χ3v) is 6.30. The minimum absolute atomic E-state index is 0.276. The molecule has 3 aromatic rings. The summed E-state index contributed by atoms with van der Waals surface area (Å²) in [6.45, 7) is 3.95. The SMILES string of the molecule is Cc1ccc(S(=O)(=O)/C(=C\N(C)c2ccccc2C)c2ccccc2)cc1. The van der Waals surface area contributed by atoms with E-state index in [0.717, 1.165) is 16.8 Å². The van der Waals surface area contributed by atoms with Crippen LogP contribution in [0.2, 0.25) is 0 Å². The van der Waals surface area contributed by atoms with E-state index in [1.807, 2.05) is 92.5 Å². The Hall–Kier alpha value is -2.85. The smallest absolute Gasteiger partial charge is 0.208 e. The standard InChI is InChI=1S/C23H23NO2S/c1-18-13-15-21(16-14-18)27(25,26)23(20-10-5-4-6-11-20)17-24(3)22-12-8-7-9-19(22)2/h4-17H,1-3H3/b23-17-. The molecule has 3 aromatic carbocycles. The van der Waals surface area contributed by atoms with Crippen molar-refractivity contribution in [3.8, 4) is 0 Å². The van der Waals surface area contributed by atoms with Gasteiger partial charge in [-0.25, -0.2) is 8.42 Å². The van der Waals surface area contributed by atoms with E-state index < -0.39 is 9.84 Å². The van der Waals surface area contributed by atoms with Crippen LogP contribution < -0.4 is 4.90 Å². The zero-order valence-corrected chi connectivity index (χ0v) is 16.6. The van der Waals surface area contributed by atoms with Crippen LogP contribution in [0.1, 0.15) is 16.7 Å². The van der Waals surface area contributed by atoms with Crippen molar-refractivity contribution in [3.05, 3.63) is 102 Å². The molecule has 27 heavy (non-hydrogen) atoms. The van der Waals surface area contributed by atoms with Crippen LogP contribution in [-0.4, -0.2) is 15.5 Å². The monoisotopic (exact) mass is 377 g/mol. The summed E-state index contributed by atoms with van der Waals surface area (Å²) < 4.78 is 26.8. The average Bonchev–Trinajstić information content (AvgIpc) is 2.67. The van der Waals surface area contributed by atoms with Crippen LogP contribution in [0.3, 0.4) is 0 Å². The first kappa shape index (κ1) is 18.9. The second kappa shape index (κ2) is 7.80. The molecule has 0 spiro atoms. The molecule has 4 heteroatoms. The number of nitrogens with zero attached hydrogens (tertiary/aromatic N) is 1. The lowest BCUT2D eigenvalue weighted by molar-refractivity contribution is 0.605. The van der Waals surface area contributed by atoms with Gasteiger partial charge in [-0.1, -0.05) is 66.2 Å². The lowest BCUT2D eigenvalue weighted by Crippen LogP contribution is -2.14. The predicted octanol–water partition coefficient (Wildman–Crippen LogP) is 5.21. The van der Waals surface area contributed by atoms with Crippen molar-refractivity contribution >= 4 is 20.4 Å². The van der Waals surface area contributed by atoms with Gasteiger partial charge in [0.25, 0.3) is 0 Å². The molecule has 0 saturated heterocycles. The summed E-state index contributed by atoms with van der Waals surface area (Å²) in [7, 11) is -1.80. The minimum atomic E-state index is -3.67. The summed E-state index contributed by atoms with van der Waals surface area (Å²) in [4.78, 5) is 2.43. The number of sulfone groups is 1. The van der Waals surface area contributed by atoms with Gasteiger partial charge in [-0.3, -0.25) is 0 Å². The molecule has 0 fully saturated rings. The average molecular weight is 378 g/mol. The largest absolute Gasteiger partial charge is 0.349 e. The molecule has 138 valence electrons. The third kappa shape index (κ3) is 4.12. The summed E-state index contributed by atoms with van der Waals surface area (Å²) in [5.41, 5.74) is 3.73. The van der Waals surface area contributed by atoms with E-state index in [-0.39, 0.29) is 4.91 Å². The highest BCUT2D eigenvalue weighted by atomic mass is 32.2. The first-order chi connectivity index (χ1) is 12.9. The first-order valence-electron chi connectivity index (χ1n) is 8.77. The Morgan fingerprint density at radius 1 is 0.815 bits per heavy atom. The number of rotatable bonds is 5. The van der Waals surface area contributed by atoms with Gasteiger partial charge in [-0.05, 0) is 43.2 Å². The molecule has 0 aliphatic heterocycles. The quantitative estimate of drug-likeness (QED) is 0.612. The van der Waals surface area contributed by atoms with E-state index in [9.17, 15) is 8.42 Å². The molecular formula is C23H23NO2S. The topological polar surface area (TPSA) is 37.4 Å². The summed E-state index contributed by atoms with van der Waals surface area (Å²) in [5.74, 6) is 0. The highest BCUT2D eigenvalue weighted by Gasteiger charge is 2.23. The van der Waals surface area contributed by atoms with Gasteiger partial charge in [-0.15, -0.1) is 0 Å². The number of aryl methyl sites for hydroxylation is 2. The maximum Gasteiger partial charge on any atom is 0.208 e. The number of benzene rings is 3. The van der Waals surface area contributed by atoms with Crippen molar-refractivity contribution in [2.24, 2.45) is 0 Å². The van der Waals surface area contributed by atoms with Gasteiger partial charge in [0.1, 0.15) is 0 Å². The second-order valence-corrected chi connectivity index (χ2v) is 8.49. The van der Waals surface area contributed by atoms with Crippen LogP contribution >= 0.6 is 0 Å². The van der Waals surface area contributed by atoms with E-state index >= 15 is 0 Å². The molecule has 0 aliphatic rings. The van der Waals surface area contributed by atoms with Crippen LogP contribution in [0.25, 0.3) is 4.91 Å². The van der Waals surface area contributed by atoms with E-state index in [1.54, 1.807) is 18.3 Å². The number of hydrogen-bond donors (Lipinski definition) is 0. The Morgan fingerprint density at radius 2 is 1.41 bits per heavy atom. The maximum absolute atomic E-state index is 13.4. The molecule has 0 atom stereocenters. The maximum atomic E-state index is 13.4. The Morgan fingerprint density at radius 3 is 2.04 bits per heavy atom. The van der Waals surface area contributed by atoms with Crippen molar-refractivity contribution in [2.75, 3.05) is 11.9 Å². The van der Waals surface area contributed by atoms with Gasteiger partial charge in [0.05, 0.1) is 9.80 Å². The van der Waals surface area contributed by atoms with Gasteiger partial charge in [0.15, 0.2) is 0 Å². The van der Waals surface area contributed by atoms with Crippen molar-refractivity contribution < 1.29 is 8.42 Å². The zero-order chi connectivity index (χ0) is 19.4. The van der Waals surface area contributed by atoms with Crippen molar-refractivity contribution in [2.45, 2.75) is 18.7 Å². The van der Waals surface area contributed by atoms with Gasteiger partial charge >= 0.3 is 0 Å². The minimum Gasteiger partial charge on any atom is -0.349 e. The van der Waals surface area contributed by atoms with Gasteiger partial charge in [0, 0.05) is 18.9 Å². The van der Waals surface area contributed by atoms with Crippen LogP contribution in [0.15, 0.2) is 90.0 Å². The predicted molar refractivity (Wildman–Crippen MR) is 112 cm³/mol. The number of para-hydroxylation sites is 1. The number of anilines is 1. The van der Waals surface area contributed by atoms with E-state index in [2.05, 4.69) is 0 Å². The molecule has 0 radical (unpaired) electrons. The van der Waals surface area contributed by atoms with Crippen molar-refractivity contribution in [3.63, 3.8) is 0 Å². The van der Waals surface area contributed by atoms with Crippen molar-refractivity contribution in [1.82, 2.24) is 0 Å². The lowest BCUT2D eigenvalue weighted by atomic mass is 10.2. The van der Waals surface area contributed by atoms with E-state index in [0.29, 0.717) is 10.5 Å². The molecule has 0 amide bonds. The normalized spacial score (nSPS) is 12.0. The Bertz CT molecular complexity index is 1050. The van der Waals surface area contributed by atoms with Gasteiger partial charge in [0.2, 0.25) is 9.84 Å². The molecule has 0 aliphatic carbocycles. The fraction of sp³-hybridized carbons (Fsp3) is 0.130. The fourth-order valence-corrected chi connectivity index (χ4v) is 4.44. The van der Waals surface area contributed by atoms with E-state index in [4.69, 9.17) is 0 Å². The molecule has 0 heterocycles. The summed E-state index contributed by atoms with van der Waals surface area (Å²) in [5, 5.41) is 0. The molecule has 0 unspecified atom stereocenters. The molecule has 3 rings (SSSR count). The zero-order valence-electron chi connectivity index (χ0n) is 15.8. The van der Waals surface area contributed by atoms with Gasteiger partial charge in [-0.2, -0.15) is 0 Å². The Kier molecular flexibility index (Phi) is 5.47.